The van der Waals surface area contributed by atoms with E-state index in [9.17, 15) is 0 Å². The Morgan fingerprint density at radius 1 is 0.500 bits per heavy atom. The number of benzene rings is 2. The van der Waals surface area contributed by atoms with Crippen molar-refractivity contribution >= 4 is 63.7 Å². The minimum Gasteiger partial charge on any atom is -0.0600 e. The molecule has 2 rings (SSSR count). The summed E-state index contributed by atoms with van der Waals surface area (Å²) < 4.78 is 4.41. The smallest absolute Gasteiger partial charge is 0.0186 e. The first kappa shape index (κ1) is 14.4. The van der Waals surface area contributed by atoms with Gasteiger partial charge in [-0.25, -0.2) is 0 Å². The maximum Gasteiger partial charge on any atom is 0.0186 e. The van der Waals surface area contributed by atoms with Gasteiger partial charge in [0.25, 0.3) is 0 Å². The van der Waals surface area contributed by atoms with Crippen molar-refractivity contribution in [2.75, 3.05) is 0 Å². The van der Waals surface area contributed by atoms with Crippen LogP contribution in [0.4, 0.5) is 0 Å². The summed E-state index contributed by atoms with van der Waals surface area (Å²) in [6, 6.07) is 15.9. The van der Waals surface area contributed by atoms with Gasteiger partial charge in [-0.3, -0.25) is 0 Å². The number of halogens is 4. The summed E-state index contributed by atoms with van der Waals surface area (Å²) in [6.07, 6.45) is 0. The number of rotatable bonds is 0. The third kappa shape index (κ3) is 6.18. The predicted octanol–water partition coefficient (Wildman–Crippen LogP) is 6.42. The van der Waals surface area contributed by atoms with Crippen molar-refractivity contribution in [2.45, 2.75) is 0 Å². The van der Waals surface area contributed by atoms with Crippen molar-refractivity contribution in [3.63, 3.8) is 0 Å². The van der Waals surface area contributed by atoms with Gasteiger partial charge in [-0.15, -0.1) is 0 Å². The van der Waals surface area contributed by atoms with Gasteiger partial charge in [0.2, 0.25) is 0 Å². The molecular weight excluding hydrogens is 464 g/mol. The molecule has 0 unspecified atom stereocenters. The van der Waals surface area contributed by atoms with E-state index < -0.39 is 0 Å². The van der Waals surface area contributed by atoms with Gasteiger partial charge in [0.15, 0.2) is 0 Å². The standard InChI is InChI=1S/2C6H4Br2/c2*7-5-2-1-3-6(8)4-5/h2*1-4H. The summed E-state index contributed by atoms with van der Waals surface area (Å²) in [4.78, 5) is 0. The summed E-state index contributed by atoms with van der Waals surface area (Å²) in [5.41, 5.74) is 0. The fraction of sp³-hybridized carbons (Fsp3) is 0. The van der Waals surface area contributed by atoms with Gasteiger partial charge in [0, 0.05) is 17.9 Å². The summed E-state index contributed by atoms with van der Waals surface area (Å²) in [6.45, 7) is 0. The van der Waals surface area contributed by atoms with E-state index in [1.165, 1.54) is 0 Å². The van der Waals surface area contributed by atoms with Gasteiger partial charge < -0.3 is 0 Å². The van der Waals surface area contributed by atoms with Crippen molar-refractivity contribution in [1.82, 2.24) is 0 Å². The highest BCUT2D eigenvalue weighted by Gasteiger charge is 1.84. The van der Waals surface area contributed by atoms with E-state index >= 15 is 0 Å². The molecule has 0 aliphatic rings. The van der Waals surface area contributed by atoms with Crippen molar-refractivity contribution in [1.29, 1.82) is 0 Å². The highest BCUT2D eigenvalue weighted by molar-refractivity contribution is 9.11. The Bertz CT molecular complexity index is 376. The van der Waals surface area contributed by atoms with E-state index in [0.717, 1.165) is 17.9 Å². The first-order valence-corrected chi connectivity index (χ1v) is 7.57. The zero-order chi connectivity index (χ0) is 12.0. The summed E-state index contributed by atoms with van der Waals surface area (Å²) in [5.74, 6) is 0. The van der Waals surface area contributed by atoms with Crippen LogP contribution in [-0.4, -0.2) is 0 Å². The van der Waals surface area contributed by atoms with Crippen LogP contribution in [-0.2, 0) is 0 Å². The second-order valence-electron chi connectivity index (χ2n) is 2.88. The van der Waals surface area contributed by atoms with Gasteiger partial charge in [0.05, 0.1) is 0 Å². The largest absolute Gasteiger partial charge is 0.0600 e. The molecule has 0 amide bonds. The van der Waals surface area contributed by atoms with Crippen LogP contribution in [0.3, 0.4) is 0 Å². The fourth-order valence-corrected chi connectivity index (χ4v) is 3.13. The Hall–Kier alpha value is 0.360. The average molecular weight is 472 g/mol. The topological polar surface area (TPSA) is 0 Å². The van der Waals surface area contributed by atoms with E-state index in [1.54, 1.807) is 0 Å². The third-order valence-electron chi connectivity index (χ3n) is 1.57. The second kappa shape index (κ2) is 7.64. The Kier molecular flexibility index (Phi) is 6.89. The van der Waals surface area contributed by atoms with Crippen LogP contribution in [0.15, 0.2) is 66.4 Å². The average Bonchev–Trinajstić information content (AvgIpc) is 2.17. The van der Waals surface area contributed by atoms with Crippen molar-refractivity contribution in [3.05, 3.63) is 66.4 Å². The van der Waals surface area contributed by atoms with Crippen LogP contribution in [0.5, 0.6) is 0 Å². The molecule has 0 saturated carbocycles. The highest BCUT2D eigenvalue weighted by atomic mass is 79.9. The molecule has 0 nitrogen and oxygen atoms in total. The number of hydrogen-bond acceptors (Lipinski definition) is 0. The first-order chi connectivity index (χ1) is 7.58. The third-order valence-corrected chi connectivity index (χ3v) is 3.55. The Labute approximate surface area is 129 Å². The maximum absolute atomic E-state index is 3.33. The lowest BCUT2D eigenvalue weighted by atomic mass is 10.4. The van der Waals surface area contributed by atoms with Crippen LogP contribution in [0.1, 0.15) is 0 Å². The van der Waals surface area contributed by atoms with Crippen LogP contribution >= 0.6 is 63.7 Å². The first-order valence-electron chi connectivity index (χ1n) is 4.40. The van der Waals surface area contributed by atoms with E-state index in [1.807, 2.05) is 48.5 Å². The van der Waals surface area contributed by atoms with E-state index in [0.29, 0.717) is 0 Å². The SMILES string of the molecule is Brc1cccc(Br)c1.Brc1cccc(Br)c1. The molecule has 0 fully saturated rings. The summed E-state index contributed by atoms with van der Waals surface area (Å²) in [7, 11) is 0. The Morgan fingerprint density at radius 2 is 0.750 bits per heavy atom. The maximum atomic E-state index is 3.33. The molecule has 84 valence electrons. The molecule has 0 saturated heterocycles. The van der Waals surface area contributed by atoms with Crippen molar-refractivity contribution in [2.24, 2.45) is 0 Å². The van der Waals surface area contributed by atoms with Crippen LogP contribution < -0.4 is 0 Å². The molecule has 0 aliphatic carbocycles. The van der Waals surface area contributed by atoms with Crippen LogP contribution in [0, 0.1) is 0 Å². The molecule has 0 N–H and O–H groups in total. The molecule has 16 heavy (non-hydrogen) atoms. The molecule has 0 atom stereocenters. The Morgan fingerprint density at radius 3 is 0.875 bits per heavy atom. The second-order valence-corrected chi connectivity index (χ2v) is 6.54. The zero-order valence-electron chi connectivity index (χ0n) is 8.13. The Balaban J connectivity index is 0.000000160. The van der Waals surface area contributed by atoms with E-state index in [4.69, 9.17) is 0 Å². The van der Waals surface area contributed by atoms with E-state index in [2.05, 4.69) is 63.7 Å². The summed E-state index contributed by atoms with van der Waals surface area (Å²) >= 11 is 13.3. The predicted molar refractivity (Wildman–Crippen MR) is 83.7 cm³/mol. The lowest BCUT2D eigenvalue weighted by Gasteiger charge is -1.87. The van der Waals surface area contributed by atoms with E-state index in [-0.39, 0.29) is 0 Å². The van der Waals surface area contributed by atoms with Crippen LogP contribution in [0.2, 0.25) is 0 Å². The van der Waals surface area contributed by atoms with Crippen molar-refractivity contribution < 1.29 is 0 Å². The minimum absolute atomic E-state index is 1.10. The number of hydrogen-bond donors (Lipinski definition) is 0. The molecule has 2 aromatic rings. The van der Waals surface area contributed by atoms with Gasteiger partial charge >= 0.3 is 0 Å². The van der Waals surface area contributed by atoms with Crippen LogP contribution in [0.25, 0.3) is 0 Å². The van der Waals surface area contributed by atoms with Gasteiger partial charge in [0.1, 0.15) is 0 Å². The van der Waals surface area contributed by atoms with Gasteiger partial charge in [-0.2, -0.15) is 0 Å². The van der Waals surface area contributed by atoms with Crippen molar-refractivity contribution in [3.8, 4) is 0 Å². The highest BCUT2D eigenvalue weighted by Crippen LogP contribution is 2.16. The lowest BCUT2D eigenvalue weighted by molar-refractivity contribution is 1.60. The normalized spacial score (nSPS) is 9.25. The molecule has 4 heteroatoms. The molecule has 0 radical (unpaired) electrons. The fourth-order valence-electron chi connectivity index (χ4n) is 0.920. The minimum atomic E-state index is 1.10. The summed E-state index contributed by atoms with van der Waals surface area (Å²) in [5, 5.41) is 0. The molecule has 0 spiro atoms. The molecule has 0 heterocycles. The molecule has 0 aromatic heterocycles. The van der Waals surface area contributed by atoms with Gasteiger partial charge in [-0.05, 0) is 36.4 Å². The molecule has 0 bridgehead atoms. The monoisotopic (exact) mass is 468 g/mol. The zero-order valence-corrected chi connectivity index (χ0v) is 14.5. The molecule has 0 aliphatic heterocycles. The van der Waals surface area contributed by atoms with Gasteiger partial charge in [-0.1, -0.05) is 75.9 Å². The quantitative estimate of drug-likeness (QED) is 0.416. The molecule has 2 aromatic carbocycles. The molecular formula is C12H8Br4. The lowest BCUT2D eigenvalue weighted by Crippen LogP contribution is -1.61.